The second-order valence-corrected chi connectivity index (χ2v) is 3.04. The van der Waals surface area contributed by atoms with Crippen LogP contribution in [-0.2, 0) is 14.4 Å². The van der Waals surface area contributed by atoms with E-state index in [1.165, 1.54) is 7.11 Å². The van der Waals surface area contributed by atoms with Gasteiger partial charge in [0.1, 0.15) is 0 Å². The lowest BCUT2D eigenvalue weighted by Crippen LogP contribution is -2.39. The SMILES string of the molecule is COCCNC(=O)ON1C(=O)CCC1O. The van der Waals surface area contributed by atoms with E-state index in [4.69, 9.17) is 4.74 Å². The molecule has 0 aromatic rings. The average molecular weight is 218 g/mol. The molecule has 0 aromatic carbocycles. The van der Waals surface area contributed by atoms with Crippen LogP contribution in [0.5, 0.6) is 0 Å². The second-order valence-electron chi connectivity index (χ2n) is 3.04. The summed E-state index contributed by atoms with van der Waals surface area (Å²) in [5.74, 6) is -0.399. The van der Waals surface area contributed by atoms with Crippen LogP contribution in [0.1, 0.15) is 12.8 Å². The molecule has 86 valence electrons. The lowest BCUT2D eigenvalue weighted by atomic mass is 10.4. The van der Waals surface area contributed by atoms with Crippen molar-refractivity contribution in [3.05, 3.63) is 0 Å². The molecule has 0 radical (unpaired) electrons. The standard InChI is InChI=1S/C8H14N2O5/c1-14-5-4-9-8(13)15-10-6(11)2-3-7(10)12/h6,11H,2-5H2,1H3,(H,9,13). The largest absolute Gasteiger partial charge is 0.431 e. The lowest BCUT2D eigenvalue weighted by molar-refractivity contribution is -0.189. The van der Waals surface area contributed by atoms with Gasteiger partial charge in [-0.05, 0) is 0 Å². The van der Waals surface area contributed by atoms with Crippen LogP contribution in [-0.4, -0.2) is 48.7 Å². The molecule has 1 saturated heterocycles. The van der Waals surface area contributed by atoms with Crippen LogP contribution in [0.4, 0.5) is 4.79 Å². The molecule has 0 saturated carbocycles. The zero-order valence-corrected chi connectivity index (χ0v) is 8.43. The van der Waals surface area contributed by atoms with Crippen molar-refractivity contribution in [3.63, 3.8) is 0 Å². The number of nitrogens with one attached hydrogen (secondary N) is 1. The summed E-state index contributed by atoms with van der Waals surface area (Å²) in [4.78, 5) is 26.8. The Morgan fingerprint density at radius 3 is 3.00 bits per heavy atom. The minimum Gasteiger partial charge on any atom is -0.383 e. The number of rotatable bonds is 4. The van der Waals surface area contributed by atoms with Crippen LogP contribution >= 0.6 is 0 Å². The lowest BCUT2D eigenvalue weighted by Gasteiger charge is -2.18. The summed E-state index contributed by atoms with van der Waals surface area (Å²) in [7, 11) is 1.50. The molecule has 7 nitrogen and oxygen atoms in total. The van der Waals surface area contributed by atoms with E-state index >= 15 is 0 Å². The Hall–Kier alpha value is -1.34. The fourth-order valence-electron chi connectivity index (χ4n) is 1.13. The quantitative estimate of drug-likeness (QED) is 0.604. The monoisotopic (exact) mass is 218 g/mol. The molecule has 1 aliphatic rings. The van der Waals surface area contributed by atoms with Crippen molar-refractivity contribution in [1.82, 2.24) is 10.4 Å². The molecule has 1 heterocycles. The number of carbonyl (C=O) groups is 2. The van der Waals surface area contributed by atoms with Crippen molar-refractivity contribution in [2.24, 2.45) is 0 Å². The third-order valence-electron chi connectivity index (χ3n) is 1.89. The molecule has 0 bridgehead atoms. The molecule has 1 unspecified atom stereocenters. The number of nitrogens with zero attached hydrogens (tertiary/aromatic N) is 1. The normalized spacial score (nSPS) is 20.5. The average Bonchev–Trinajstić information content (AvgIpc) is 2.50. The number of aliphatic hydroxyl groups excluding tert-OH is 1. The third-order valence-corrected chi connectivity index (χ3v) is 1.89. The van der Waals surface area contributed by atoms with Crippen molar-refractivity contribution < 1.29 is 24.3 Å². The van der Waals surface area contributed by atoms with Crippen LogP contribution in [0.15, 0.2) is 0 Å². The molecular formula is C8H14N2O5. The van der Waals surface area contributed by atoms with Crippen LogP contribution in [0, 0.1) is 0 Å². The Bertz CT molecular complexity index is 245. The molecule has 2 N–H and O–H groups in total. The van der Waals surface area contributed by atoms with Crippen LogP contribution in [0.25, 0.3) is 0 Å². The molecule has 0 aromatic heterocycles. The Kier molecular flexibility index (Phi) is 4.32. The van der Waals surface area contributed by atoms with E-state index in [2.05, 4.69) is 10.2 Å². The minimum absolute atomic E-state index is 0.187. The highest BCUT2D eigenvalue weighted by molar-refractivity contribution is 5.79. The van der Waals surface area contributed by atoms with Crippen molar-refractivity contribution in [1.29, 1.82) is 0 Å². The van der Waals surface area contributed by atoms with Gasteiger partial charge in [-0.3, -0.25) is 4.79 Å². The predicted octanol–water partition coefficient (Wildman–Crippen LogP) is -0.785. The van der Waals surface area contributed by atoms with Gasteiger partial charge in [-0.2, -0.15) is 0 Å². The van der Waals surface area contributed by atoms with Gasteiger partial charge in [-0.1, -0.05) is 0 Å². The topological polar surface area (TPSA) is 88.1 Å². The van der Waals surface area contributed by atoms with Gasteiger partial charge >= 0.3 is 6.09 Å². The van der Waals surface area contributed by atoms with E-state index in [-0.39, 0.29) is 19.4 Å². The number of hydrogen-bond acceptors (Lipinski definition) is 5. The number of methoxy groups -OCH3 is 1. The van der Waals surface area contributed by atoms with Crippen molar-refractivity contribution >= 4 is 12.0 Å². The highest BCUT2D eigenvalue weighted by Crippen LogP contribution is 2.16. The molecule has 1 aliphatic heterocycles. The number of carbonyl (C=O) groups excluding carboxylic acids is 2. The minimum atomic E-state index is -1.04. The highest BCUT2D eigenvalue weighted by Gasteiger charge is 2.32. The summed E-state index contributed by atoms with van der Waals surface area (Å²) in [5, 5.41) is 12.3. The highest BCUT2D eigenvalue weighted by atomic mass is 16.7. The first-order valence-corrected chi connectivity index (χ1v) is 4.60. The number of ether oxygens (including phenoxy) is 1. The number of amides is 2. The van der Waals surface area contributed by atoms with E-state index in [1.807, 2.05) is 0 Å². The van der Waals surface area contributed by atoms with Gasteiger partial charge in [0.15, 0.2) is 6.23 Å². The van der Waals surface area contributed by atoms with E-state index in [1.54, 1.807) is 0 Å². The molecule has 0 aliphatic carbocycles. The number of hydrogen-bond donors (Lipinski definition) is 2. The summed E-state index contributed by atoms with van der Waals surface area (Å²) < 4.78 is 4.70. The molecule has 2 amide bonds. The van der Waals surface area contributed by atoms with E-state index in [9.17, 15) is 14.7 Å². The molecular weight excluding hydrogens is 204 g/mol. The zero-order chi connectivity index (χ0) is 11.3. The van der Waals surface area contributed by atoms with Crippen molar-refractivity contribution in [2.45, 2.75) is 19.1 Å². The van der Waals surface area contributed by atoms with E-state index < -0.39 is 18.2 Å². The maximum atomic E-state index is 11.1. The van der Waals surface area contributed by atoms with Gasteiger partial charge in [0, 0.05) is 26.5 Å². The maximum Gasteiger partial charge on any atom is 0.431 e. The molecule has 15 heavy (non-hydrogen) atoms. The summed E-state index contributed by atoms with van der Waals surface area (Å²) in [5.41, 5.74) is 0. The first-order valence-electron chi connectivity index (χ1n) is 4.60. The fourth-order valence-corrected chi connectivity index (χ4v) is 1.13. The molecule has 0 spiro atoms. The summed E-state index contributed by atoms with van der Waals surface area (Å²) in [6.07, 6.45) is -1.34. The Morgan fingerprint density at radius 1 is 1.73 bits per heavy atom. The Balaban J connectivity index is 2.27. The van der Waals surface area contributed by atoms with Crippen LogP contribution < -0.4 is 5.32 Å². The predicted molar refractivity (Wildman–Crippen MR) is 48.4 cm³/mol. The van der Waals surface area contributed by atoms with E-state index in [0.717, 1.165) is 0 Å². The van der Waals surface area contributed by atoms with Gasteiger partial charge in [-0.25, -0.2) is 4.79 Å². The van der Waals surface area contributed by atoms with Gasteiger partial charge in [-0.15, -0.1) is 5.06 Å². The molecule has 1 atom stereocenters. The van der Waals surface area contributed by atoms with Crippen LogP contribution in [0.3, 0.4) is 0 Å². The van der Waals surface area contributed by atoms with Crippen molar-refractivity contribution in [3.8, 4) is 0 Å². The summed E-state index contributed by atoms with van der Waals surface area (Å²) in [6.45, 7) is 0.638. The van der Waals surface area contributed by atoms with Crippen LogP contribution in [0.2, 0.25) is 0 Å². The third kappa shape index (κ3) is 3.37. The molecule has 7 heteroatoms. The van der Waals surface area contributed by atoms with Gasteiger partial charge in [0.05, 0.1) is 6.61 Å². The zero-order valence-electron chi connectivity index (χ0n) is 8.43. The van der Waals surface area contributed by atoms with Gasteiger partial charge in [0.2, 0.25) is 0 Å². The Morgan fingerprint density at radius 2 is 2.47 bits per heavy atom. The molecule has 1 rings (SSSR count). The second kappa shape index (κ2) is 5.52. The summed E-state index contributed by atoms with van der Waals surface area (Å²) >= 11 is 0. The molecule has 1 fully saturated rings. The number of aliphatic hydroxyl groups is 1. The Labute approximate surface area is 86.9 Å². The fraction of sp³-hybridized carbons (Fsp3) is 0.750. The van der Waals surface area contributed by atoms with Crippen molar-refractivity contribution in [2.75, 3.05) is 20.3 Å². The number of hydroxylamine groups is 2. The van der Waals surface area contributed by atoms with Gasteiger partial charge in [0.25, 0.3) is 5.91 Å². The van der Waals surface area contributed by atoms with E-state index in [0.29, 0.717) is 11.7 Å². The summed E-state index contributed by atoms with van der Waals surface area (Å²) in [6, 6.07) is 0. The smallest absolute Gasteiger partial charge is 0.383 e. The van der Waals surface area contributed by atoms with Gasteiger partial charge < -0.3 is 20.0 Å². The first kappa shape index (κ1) is 11.7. The first-order chi connectivity index (χ1) is 7.15. The maximum absolute atomic E-state index is 11.1.